The van der Waals surface area contributed by atoms with Crippen LogP contribution in [0.25, 0.3) is 11.7 Å². The molecule has 0 radical (unpaired) electrons. The first-order chi connectivity index (χ1) is 16.3. The fraction of sp³-hybridized carbons (Fsp3) is 0.280. The molecule has 1 aliphatic heterocycles. The van der Waals surface area contributed by atoms with E-state index in [2.05, 4.69) is 10.3 Å². The number of aryl methyl sites for hydroxylation is 2. The van der Waals surface area contributed by atoms with E-state index in [0.29, 0.717) is 33.7 Å². The number of pyridine rings is 1. The predicted octanol–water partition coefficient (Wildman–Crippen LogP) is 3.90. The summed E-state index contributed by atoms with van der Waals surface area (Å²) in [5, 5.41) is 12.9. The van der Waals surface area contributed by atoms with Crippen molar-refractivity contribution in [2.24, 2.45) is 0 Å². The highest BCUT2D eigenvalue weighted by Crippen LogP contribution is 2.34. The first kappa shape index (κ1) is 24.1. The molecule has 0 bridgehead atoms. The Hall–Kier alpha value is -3.01. The van der Waals surface area contributed by atoms with Crippen LogP contribution in [0.15, 0.2) is 52.3 Å². The van der Waals surface area contributed by atoms with E-state index in [4.69, 9.17) is 12.2 Å². The Kier molecular flexibility index (Phi) is 7.16. The largest absolute Gasteiger partial charge is 0.394 e. The molecule has 1 fully saturated rings. The van der Waals surface area contributed by atoms with Crippen molar-refractivity contribution in [1.82, 2.24) is 14.3 Å². The first-order valence-electron chi connectivity index (χ1n) is 11.0. The van der Waals surface area contributed by atoms with Crippen molar-refractivity contribution >= 4 is 51.7 Å². The quantitative estimate of drug-likeness (QED) is 0.381. The molecule has 1 unspecified atom stereocenters. The maximum atomic E-state index is 13.4. The number of hydrogen-bond acceptors (Lipinski definition) is 7. The molecule has 0 aliphatic carbocycles. The van der Waals surface area contributed by atoms with Crippen LogP contribution in [0.1, 0.15) is 35.6 Å². The number of carbonyl (C=O) groups is 1. The number of benzene rings is 1. The van der Waals surface area contributed by atoms with Gasteiger partial charge < -0.3 is 10.4 Å². The van der Waals surface area contributed by atoms with Crippen molar-refractivity contribution in [3.8, 4) is 0 Å². The Morgan fingerprint density at radius 1 is 1.21 bits per heavy atom. The van der Waals surface area contributed by atoms with Crippen molar-refractivity contribution in [3.05, 3.63) is 80.1 Å². The highest BCUT2D eigenvalue weighted by atomic mass is 32.2. The third-order valence-electron chi connectivity index (χ3n) is 5.75. The molecule has 4 rings (SSSR count). The second-order valence-corrected chi connectivity index (χ2v) is 9.93. The first-order valence-corrected chi connectivity index (χ1v) is 12.2. The van der Waals surface area contributed by atoms with Crippen LogP contribution in [0.5, 0.6) is 0 Å². The summed E-state index contributed by atoms with van der Waals surface area (Å²) in [7, 11) is 0. The van der Waals surface area contributed by atoms with Gasteiger partial charge in [-0.3, -0.25) is 18.9 Å². The minimum absolute atomic E-state index is 0.108. The number of hydrogen-bond donors (Lipinski definition) is 2. The van der Waals surface area contributed by atoms with Crippen LogP contribution in [0, 0.1) is 13.8 Å². The third-order valence-corrected chi connectivity index (χ3v) is 7.13. The number of fused-ring (bicyclic) bond motifs is 1. The Morgan fingerprint density at radius 3 is 2.62 bits per heavy atom. The summed E-state index contributed by atoms with van der Waals surface area (Å²) >= 11 is 6.65. The van der Waals surface area contributed by atoms with E-state index < -0.39 is 0 Å². The maximum Gasteiger partial charge on any atom is 0.267 e. The number of nitrogens with one attached hydrogen (secondary N) is 1. The van der Waals surface area contributed by atoms with Crippen LogP contribution in [-0.4, -0.2) is 42.3 Å². The van der Waals surface area contributed by atoms with Gasteiger partial charge in [0.1, 0.15) is 15.8 Å². The SMILES string of the molecule is CCC(CO)Nc1nc2c(C)cccn2c(=O)c1C=C1SC(=S)N(Cc2ccc(C)cc2)C1=O. The fourth-order valence-corrected chi connectivity index (χ4v) is 4.90. The monoisotopic (exact) mass is 494 g/mol. The molecule has 2 aromatic heterocycles. The van der Waals surface area contributed by atoms with Crippen molar-refractivity contribution in [2.45, 2.75) is 39.8 Å². The number of thiocarbonyl (C=S) groups is 1. The Morgan fingerprint density at radius 2 is 1.94 bits per heavy atom. The molecular weight excluding hydrogens is 468 g/mol. The van der Waals surface area contributed by atoms with E-state index in [1.54, 1.807) is 23.2 Å². The van der Waals surface area contributed by atoms with Crippen LogP contribution in [-0.2, 0) is 11.3 Å². The van der Waals surface area contributed by atoms with Gasteiger partial charge in [-0.2, -0.15) is 0 Å². The van der Waals surface area contributed by atoms with Crippen LogP contribution >= 0.6 is 24.0 Å². The summed E-state index contributed by atoms with van der Waals surface area (Å²) in [5.41, 5.74) is 3.44. The predicted molar refractivity (Wildman–Crippen MR) is 141 cm³/mol. The summed E-state index contributed by atoms with van der Waals surface area (Å²) in [4.78, 5) is 33.3. The lowest BCUT2D eigenvalue weighted by Crippen LogP contribution is -2.28. The molecule has 176 valence electrons. The van der Waals surface area contributed by atoms with Crippen LogP contribution in [0.4, 0.5) is 5.82 Å². The molecule has 2 N–H and O–H groups in total. The van der Waals surface area contributed by atoms with Gasteiger partial charge in [-0.1, -0.05) is 66.8 Å². The summed E-state index contributed by atoms with van der Waals surface area (Å²) in [5.74, 6) is 0.0912. The molecule has 3 aromatic rings. The molecule has 1 amide bonds. The lowest BCUT2D eigenvalue weighted by Gasteiger charge is -2.18. The second kappa shape index (κ2) is 10.1. The summed E-state index contributed by atoms with van der Waals surface area (Å²) < 4.78 is 1.91. The number of rotatable bonds is 7. The molecule has 3 heterocycles. The smallest absolute Gasteiger partial charge is 0.267 e. The van der Waals surface area contributed by atoms with E-state index in [-0.39, 0.29) is 29.7 Å². The summed E-state index contributed by atoms with van der Waals surface area (Å²) in [6.07, 6.45) is 3.86. The lowest BCUT2D eigenvalue weighted by atomic mass is 10.1. The number of nitrogens with zero attached hydrogens (tertiary/aromatic N) is 3. The third kappa shape index (κ3) is 4.77. The molecular formula is C25H26N4O3S2. The minimum Gasteiger partial charge on any atom is -0.394 e. The summed E-state index contributed by atoms with van der Waals surface area (Å²) in [6.45, 7) is 6.08. The van der Waals surface area contributed by atoms with Crippen molar-refractivity contribution in [3.63, 3.8) is 0 Å². The number of thioether (sulfide) groups is 1. The zero-order valence-corrected chi connectivity index (χ0v) is 20.9. The van der Waals surface area contributed by atoms with Crippen molar-refractivity contribution < 1.29 is 9.90 Å². The topological polar surface area (TPSA) is 86.9 Å². The zero-order chi connectivity index (χ0) is 24.4. The Balaban J connectivity index is 1.76. The maximum absolute atomic E-state index is 13.4. The molecule has 0 saturated carbocycles. The van der Waals surface area contributed by atoms with Gasteiger partial charge in [0.15, 0.2) is 0 Å². The molecule has 1 saturated heterocycles. The van der Waals surface area contributed by atoms with E-state index in [0.717, 1.165) is 16.7 Å². The van der Waals surface area contributed by atoms with E-state index >= 15 is 0 Å². The highest BCUT2D eigenvalue weighted by Gasteiger charge is 2.32. The van der Waals surface area contributed by atoms with Gasteiger partial charge in [-0.15, -0.1) is 0 Å². The van der Waals surface area contributed by atoms with Gasteiger partial charge in [-0.05, 0) is 43.5 Å². The van der Waals surface area contributed by atoms with E-state index in [1.807, 2.05) is 51.1 Å². The van der Waals surface area contributed by atoms with Crippen LogP contribution < -0.4 is 10.9 Å². The van der Waals surface area contributed by atoms with Crippen LogP contribution in [0.3, 0.4) is 0 Å². The molecule has 9 heteroatoms. The molecule has 7 nitrogen and oxygen atoms in total. The number of anilines is 1. The van der Waals surface area contributed by atoms with E-state index in [9.17, 15) is 14.7 Å². The zero-order valence-electron chi connectivity index (χ0n) is 19.2. The van der Waals surface area contributed by atoms with Crippen LogP contribution in [0.2, 0.25) is 0 Å². The lowest BCUT2D eigenvalue weighted by molar-refractivity contribution is -0.122. The summed E-state index contributed by atoms with van der Waals surface area (Å²) in [6, 6.07) is 11.3. The molecule has 1 aliphatic rings. The Labute approximate surface area is 207 Å². The van der Waals surface area contributed by atoms with Gasteiger partial charge in [0.2, 0.25) is 0 Å². The minimum atomic E-state index is -0.298. The average Bonchev–Trinajstić information content (AvgIpc) is 3.09. The van der Waals surface area contributed by atoms with Gasteiger partial charge >= 0.3 is 0 Å². The Bertz CT molecular complexity index is 1340. The molecule has 1 aromatic carbocycles. The number of amides is 1. The van der Waals surface area contributed by atoms with Crippen molar-refractivity contribution in [2.75, 3.05) is 11.9 Å². The molecule has 0 spiro atoms. The highest BCUT2D eigenvalue weighted by molar-refractivity contribution is 8.26. The number of aromatic nitrogens is 2. The van der Waals surface area contributed by atoms with Gasteiger partial charge in [-0.25, -0.2) is 4.98 Å². The number of aliphatic hydroxyl groups excluding tert-OH is 1. The molecule has 1 atom stereocenters. The van der Waals surface area contributed by atoms with E-state index in [1.165, 1.54) is 16.2 Å². The van der Waals surface area contributed by atoms with Gasteiger partial charge in [0.25, 0.3) is 11.5 Å². The molecule has 34 heavy (non-hydrogen) atoms. The fourth-order valence-electron chi connectivity index (χ4n) is 3.67. The number of aliphatic hydroxyl groups is 1. The second-order valence-electron chi connectivity index (χ2n) is 8.25. The average molecular weight is 495 g/mol. The van der Waals surface area contributed by atoms with Gasteiger partial charge in [0.05, 0.1) is 29.7 Å². The number of carbonyl (C=O) groups excluding carboxylic acids is 1. The van der Waals surface area contributed by atoms with Gasteiger partial charge in [0, 0.05) is 6.20 Å². The normalized spacial score (nSPS) is 16.0. The standard InChI is InChI=1S/C25H26N4O3S2/c1-4-18(14-30)26-21-19(23(31)28-11-5-6-16(3)22(28)27-21)12-20-24(32)29(25(33)34-20)13-17-9-7-15(2)8-10-17/h5-12,18,26,30H,4,13-14H2,1-3H3. The van der Waals surface area contributed by atoms with Crippen molar-refractivity contribution in [1.29, 1.82) is 0 Å².